The van der Waals surface area contributed by atoms with Crippen LogP contribution in [0.1, 0.15) is 34.9 Å². The Morgan fingerprint density at radius 2 is 1.79 bits per heavy atom. The van der Waals surface area contributed by atoms with Gasteiger partial charge in [-0.3, -0.25) is 4.79 Å². The van der Waals surface area contributed by atoms with Crippen molar-refractivity contribution in [1.82, 2.24) is 9.97 Å². The van der Waals surface area contributed by atoms with Gasteiger partial charge < -0.3 is 5.32 Å². The number of benzene rings is 1. The molecule has 1 heterocycles. The molecule has 1 amide bonds. The zero-order valence-electron chi connectivity index (χ0n) is 10.1. The molecule has 19 heavy (non-hydrogen) atoms. The van der Waals surface area contributed by atoms with Crippen LogP contribution in [0.2, 0.25) is 0 Å². The second-order valence-corrected chi connectivity index (χ2v) is 4.57. The number of nitrogens with one attached hydrogen (secondary N) is 1. The predicted octanol–water partition coefficient (Wildman–Crippen LogP) is 2.75. The van der Waals surface area contributed by atoms with Crippen molar-refractivity contribution in [1.29, 1.82) is 0 Å². The summed E-state index contributed by atoms with van der Waals surface area (Å²) in [4.78, 5) is 20.3. The van der Waals surface area contributed by atoms with Gasteiger partial charge in [-0.05, 0) is 37.1 Å². The molecule has 2 aromatic rings. The highest BCUT2D eigenvalue weighted by Crippen LogP contribution is 2.37. The summed E-state index contributed by atoms with van der Waals surface area (Å²) in [5.41, 5.74) is 0.936. The number of amides is 1. The maximum absolute atomic E-state index is 12.7. The first-order valence-corrected chi connectivity index (χ1v) is 6.11. The summed E-state index contributed by atoms with van der Waals surface area (Å²) < 4.78 is 12.7. The summed E-state index contributed by atoms with van der Waals surface area (Å²) in [5, 5.41) is 2.66. The monoisotopic (exact) mass is 257 g/mol. The van der Waals surface area contributed by atoms with Crippen LogP contribution in [0.15, 0.2) is 36.7 Å². The molecule has 1 aliphatic carbocycles. The maximum atomic E-state index is 12.7. The van der Waals surface area contributed by atoms with E-state index in [1.807, 2.05) is 0 Å². The Morgan fingerprint density at radius 3 is 2.37 bits per heavy atom. The van der Waals surface area contributed by atoms with Crippen molar-refractivity contribution in [2.45, 2.75) is 18.8 Å². The van der Waals surface area contributed by atoms with E-state index in [2.05, 4.69) is 15.3 Å². The lowest BCUT2D eigenvalue weighted by Gasteiger charge is -2.05. The molecule has 0 aliphatic heterocycles. The number of hydrogen-bond acceptors (Lipinski definition) is 3. The fraction of sp³-hybridized carbons (Fsp3) is 0.214. The molecule has 1 aliphatic rings. The van der Waals surface area contributed by atoms with Crippen LogP contribution in [0, 0.1) is 5.82 Å². The first kappa shape index (κ1) is 11.8. The van der Waals surface area contributed by atoms with Gasteiger partial charge >= 0.3 is 0 Å². The van der Waals surface area contributed by atoms with Gasteiger partial charge in [0.15, 0.2) is 0 Å². The van der Waals surface area contributed by atoms with Crippen molar-refractivity contribution in [3.05, 3.63) is 53.9 Å². The van der Waals surface area contributed by atoms with Crippen molar-refractivity contribution < 1.29 is 9.18 Å². The molecule has 0 bridgehead atoms. The summed E-state index contributed by atoms with van der Waals surface area (Å²) in [6.45, 7) is 0. The van der Waals surface area contributed by atoms with E-state index < -0.39 is 0 Å². The van der Waals surface area contributed by atoms with E-state index in [0.29, 0.717) is 17.2 Å². The minimum atomic E-state index is -0.338. The zero-order chi connectivity index (χ0) is 13.2. The van der Waals surface area contributed by atoms with E-state index in [1.165, 1.54) is 36.7 Å². The predicted molar refractivity (Wildman–Crippen MR) is 68.4 cm³/mol. The van der Waals surface area contributed by atoms with Crippen molar-refractivity contribution in [3.63, 3.8) is 0 Å². The highest BCUT2D eigenvalue weighted by atomic mass is 19.1. The van der Waals surface area contributed by atoms with Crippen LogP contribution in [0.4, 0.5) is 10.1 Å². The van der Waals surface area contributed by atoms with E-state index in [4.69, 9.17) is 0 Å². The molecule has 0 spiro atoms. The summed E-state index contributed by atoms with van der Waals surface area (Å²) in [5.74, 6) is 0.636. The first-order valence-electron chi connectivity index (χ1n) is 6.11. The largest absolute Gasteiger partial charge is 0.322 e. The Hall–Kier alpha value is -2.30. The number of anilines is 1. The van der Waals surface area contributed by atoms with Crippen LogP contribution in [0.3, 0.4) is 0 Å². The van der Waals surface area contributed by atoms with Crippen LogP contribution >= 0.6 is 0 Å². The van der Waals surface area contributed by atoms with E-state index in [9.17, 15) is 9.18 Å². The van der Waals surface area contributed by atoms with Gasteiger partial charge in [0, 0.05) is 24.0 Å². The first-order chi connectivity index (χ1) is 9.22. The highest BCUT2D eigenvalue weighted by molar-refractivity contribution is 6.03. The number of rotatable bonds is 3. The van der Waals surface area contributed by atoms with Gasteiger partial charge in [-0.15, -0.1) is 0 Å². The summed E-state index contributed by atoms with van der Waals surface area (Å²) in [6.07, 6.45) is 5.31. The average molecular weight is 257 g/mol. The third-order valence-electron chi connectivity index (χ3n) is 2.98. The van der Waals surface area contributed by atoms with Gasteiger partial charge in [0.05, 0.1) is 5.56 Å². The van der Waals surface area contributed by atoms with Crippen LogP contribution < -0.4 is 5.32 Å². The van der Waals surface area contributed by atoms with Crippen LogP contribution in [-0.2, 0) is 0 Å². The fourth-order valence-corrected chi connectivity index (χ4v) is 1.74. The number of carbonyl (C=O) groups is 1. The fourth-order valence-electron chi connectivity index (χ4n) is 1.74. The Morgan fingerprint density at radius 1 is 1.16 bits per heavy atom. The number of nitrogens with zero attached hydrogens (tertiary/aromatic N) is 2. The quantitative estimate of drug-likeness (QED) is 0.919. The smallest absolute Gasteiger partial charge is 0.258 e. The number of aromatic nitrogens is 2. The molecular weight excluding hydrogens is 245 g/mol. The van der Waals surface area contributed by atoms with Gasteiger partial charge in [-0.1, -0.05) is 0 Å². The van der Waals surface area contributed by atoms with Gasteiger partial charge in [0.1, 0.15) is 11.6 Å². The lowest BCUT2D eigenvalue weighted by molar-refractivity contribution is 0.102. The maximum Gasteiger partial charge on any atom is 0.258 e. The van der Waals surface area contributed by atoms with Crippen LogP contribution in [-0.4, -0.2) is 15.9 Å². The molecule has 1 aromatic carbocycles. The van der Waals surface area contributed by atoms with Gasteiger partial charge in [-0.25, -0.2) is 14.4 Å². The Balaban J connectivity index is 1.70. The highest BCUT2D eigenvalue weighted by Gasteiger charge is 2.26. The lowest BCUT2D eigenvalue weighted by atomic mass is 10.2. The standard InChI is InChI=1S/C14H12FN3O/c15-11-3-5-12(6-4-11)18-14(19)10-7-16-13(17-8-10)9-1-2-9/h3-9H,1-2H2,(H,18,19). The summed E-state index contributed by atoms with van der Waals surface area (Å²) in [7, 11) is 0. The van der Waals surface area contributed by atoms with Crippen molar-refractivity contribution in [2.75, 3.05) is 5.32 Å². The molecular formula is C14H12FN3O. The molecule has 96 valence electrons. The van der Waals surface area contributed by atoms with Gasteiger partial charge in [0.2, 0.25) is 0 Å². The third kappa shape index (κ3) is 2.76. The van der Waals surface area contributed by atoms with Gasteiger partial charge in [0.25, 0.3) is 5.91 Å². The molecule has 0 atom stereocenters. The Bertz CT molecular complexity index is 591. The second kappa shape index (κ2) is 4.76. The van der Waals surface area contributed by atoms with Crippen molar-refractivity contribution >= 4 is 11.6 Å². The normalized spacial score (nSPS) is 14.2. The Labute approximate surface area is 109 Å². The topological polar surface area (TPSA) is 54.9 Å². The average Bonchev–Trinajstić information content (AvgIpc) is 3.26. The van der Waals surface area contributed by atoms with E-state index in [-0.39, 0.29) is 11.7 Å². The molecule has 0 saturated heterocycles. The molecule has 1 fully saturated rings. The van der Waals surface area contributed by atoms with Crippen molar-refractivity contribution in [3.8, 4) is 0 Å². The molecule has 3 rings (SSSR count). The van der Waals surface area contributed by atoms with E-state index in [0.717, 1.165) is 18.7 Å². The zero-order valence-corrected chi connectivity index (χ0v) is 10.1. The second-order valence-electron chi connectivity index (χ2n) is 4.57. The summed E-state index contributed by atoms with van der Waals surface area (Å²) >= 11 is 0. The van der Waals surface area contributed by atoms with E-state index in [1.54, 1.807) is 0 Å². The molecule has 0 unspecified atom stereocenters. The number of halogens is 1. The number of hydrogen-bond donors (Lipinski definition) is 1. The molecule has 1 N–H and O–H groups in total. The third-order valence-corrected chi connectivity index (χ3v) is 2.98. The van der Waals surface area contributed by atoms with Crippen molar-refractivity contribution in [2.24, 2.45) is 0 Å². The molecule has 4 nitrogen and oxygen atoms in total. The Kier molecular flexibility index (Phi) is 2.95. The molecule has 0 radical (unpaired) electrons. The minimum Gasteiger partial charge on any atom is -0.322 e. The van der Waals surface area contributed by atoms with Crippen LogP contribution in [0.5, 0.6) is 0 Å². The lowest BCUT2D eigenvalue weighted by Crippen LogP contribution is -2.13. The molecule has 5 heteroatoms. The number of carbonyl (C=O) groups excluding carboxylic acids is 1. The molecule has 1 aromatic heterocycles. The van der Waals surface area contributed by atoms with Crippen LogP contribution in [0.25, 0.3) is 0 Å². The minimum absolute atomic E-state index is 0.297. The molecule has 1 saturated carbocycles. The summed E-state index contributed by atoms with van der Waals surface area (Å²) in [6, 6.07) is 5.60. The SMILES string of the molecule is O=C(Nc1ccc(F)cc1)c1cnc(C2CC2)nc1. The van der Waals surface area contributed by atoms with E-state index >= 15 is 0 Å². The van der Waals surface area contributed by atoms with Gasteiger partial charge in [-0.2, -0.15) is 0 Å².